The van der Waals surface area contributed by atoms with Gasteiger partial charge in [0.25, 0.3) is 0 Å². The van der Waals surface area contributed by atoms with Gasteiger partial charge in [-0.25, -0.2) is 4.79 Å². The first-order valence-corrected chi connectivity index (χ1v) is 11.5. The van der Waals surface area contributed by atoms with E-state index in [1.165, 1.54) is 7.11 Å². The van der Waals surface area contributed by atoms with Crippen LogP contribution in [0.2, 0.25) is 0 Å². The van der Waals surface area contributed by atoms with Gasteiger partial charge in [0, 0.05) is 29.8 Å². The fraction of sp³-hybridized carbons (Fsp3) is 0.148. The Hall–Kier alpha value is -4.17. The van der Waals surface area contributed by atoms with Crippen molar-refractivity contribution in [3.63, 3.8) is 0 Å². The lowest BCUT2D eigenvalue weighted by Gasteiger charge is -2.29. The van der Waals surface area contributed by atoms with E-state index < -0.39 is 5.97 Å². The largest absolute Gasteiger partial charge is 0.497 e. The van der Waals surface area contributed by atoms with Crippen molar-refractivity contribution < 1.29 is 14.3 Å². The lowest BCUT2D eigenvalue weighted by atomic mass is 10.0. The summed E-state index contributed by atoms with van der Waals surface area (Å²) in [6.07, 6.45) is 3.72. The number of anilines is 1. The van der Waals surface area contributed by atoms with Crippen LogP contribution in [0.3, 0.4) is 0 Å². The Balaban J connectivity index is 1.69. The Bertz CT molecular complexity index is 1370. The van der Waals surface area contributed by atoms with Crippen LogP contribution in [0.5, 0.6) is 5.75 Å². The van der Waals surface area contributed by atoms with Gasteiger partial charge in [-0.1, -0.05) is 24.3 Å². The van der Waals surface area contributed by atoms with Gasteiger partial charge in [-0.05, 0) is 60.7 Å². The van der Waals surface area contributed by atoms with E-state index >= 15 is 0 Å². The number of rotatable bonds is 6. The summed E-state index contributed by atoms with van der Waals surface area (Å²) in [4.78, 5) is 19.2. The molecule has 1 aliphatic heterocycles. The van der Waals surface area contributed by atoms with Crippen LogP contribution in [0.4, 0.5) is 5.69 Å². The van der Waals surface area contributed by atoms with Gasteiger partial charge in [-0.3, -0.25) is 4.98 Å². The Morgan fingerprint density at radius 3 is 2.60 bits per heavy atom. The van der Waals surface area contributed by atoms with E-state index in [4.69, 9.17) is 21.7 Å². The molecule has 0 amide bonds. The number of nitrogens with zero attached hydrogens (tertiary/aromatic N) is 3. The topological polar surface area (TPSA) is 68.6 Å². The minimum Gasteiger partial charge on any atom is -0.497 e. The monoisotopic (exact) mass is 484 g/mol. The molecule has 2 aromatic carbocycles. The molecule has 1 aliphatic rings. The number of carbonyl (C=O) groups excluding carboxylic acids is 1. The Labute approximate surface area is 208 Å². The molecule has 0 unspecified atom stereocenters. The van der Waals surface area contributed by atoms with Crippen molar-refractivity contribution in [1.82, 2.24) is 14.9 Å². The number of ether oxygens (including phenoxy) is 2. The zero-order chi connectivity index (χ0) is 24.4. The molecule has 0 radical (unpaired) electrons. The normalized spacial score (nSPS) is 17.2. The molecule has 0 saturated carbocycles. The number of carbonyl (C=O) groups is 1. The summed E-state index contributed by atoms with van der Waals surface area (Å²) in [5.41, 5.74) is 3.89. The smallest absolute Gasteiger partial charge is 0.339 e. The summed E-state index contributed by atoms with van der Waals surface area (Å²) in [6.45, 7) is 0. The van der Waals surface area contributed by atoms with Crippen LogP contribution in [-0.4, -0.2) is 34.9 Å². The molecule has 2 atom stereocenters. The first-order valence-electron chi connectivity index (χ1n) is 11.1. The molecular formula is C27H24N4O3S. The maximum absolute atomic E-state index is 12.6. The number of hydrogen-bond donors (Lipinski definition) is 1. The predicted octanol–water partition coefficient (Wildman–Crippen LogP) is 4.84. The van der Waals surface area contributed by atoms with Gasteiger partial charge in [-0.2, -0.15) is 0 Å². The van der Waals surface area contributed by atoms with E-state index in [1.54, 1.807) is 19.4 Å². The first-order chi connectivity index (χ1) is 17.1. The average molecular weight is 485 g/mol. The number of esters is 1. The van der Waals surface area contributed by atoms with E-state index in [0.717, 1.165) is 28.5 Å². The lowest BCUT2D eigenvalue weighted by molar-refractivity contribution is 0.0600. The number of hydrogen-bond acceptors (Lipinski definition) is 5. The van der Waals surface area contributed by atoms with E-state index in [-0.39, 0.29) is 12.1 Å². The number of benzene rings is 2. The van der Waals surface area contributed by atoms with Crippen LogP contribution in [0.1, 0.15) is 33.8 Å². The van der Waals surface area contributed by atoms with Crippen molar-refractivity contribution in [2.75, 3.05) is 19.1 Å². The molecule has 35 heavy (non-hydrogen) atoms. The minimum absolute atomic E-state index is 0.228. The summed E-state index contributed by atoms with van der Waals surface area (Å²) in [7, 11) is 3.03. The molecule has 7 nitrogen and oxygen atoms in total. The van der Waals surface area contributed by atoms with Crippen molar-refractivity contribution in [3.8, 4) is 11.4 Å². The number of aromatic nitrogens is 2. The number of para-hydroxylation sites is 1. The number of thiocarbonyl (C=S) groups is 1. The van der Waals surface area contributed by atoms with Gasteiger partial charge in [0.2, 0.25) is 0 Å². The highest BCUT2D eigenvalue weighted by atomic mass is 32.1. The van der Waals surface area contributed by atoms with Crippen LogP contribution in [-0.2, 0) is 4.74 Å². The van der Waals surface area contributed by atoms with E-state index in [0.29, 0.717) is 10.7 Å². The fourth-order valence-corrected chi connectivity index (χ4v) is 4.86. The summed E-state index contributed by atoms with van der Waals surface area (Å²) >= 11 is 5.84. The van der Waals surface area contributed by atoms with Crippen LogP contribution in [0.25, 0.3) is 5.69 Å². The van der Waals surface area contributed by atoms with E-state index in [9.17, 15) is 4.79 Å². The second-order valence-corrected chi connectivity index (χ2v) is 8.40. The quantitative estimate of drug-likeness (QED) is 0.310. The maximum Gasteiger partial charge on any atom is 0.339 e. The highest BCUT2D eigenvalue weighted by Crippen LogP contribution is 2.43. The fourth-order valence-electron chi connectivity index (χ4n) is 4.51. The van der Waals surface area contributed by atoms with Gasteiger partial charge in [0.15, 0.2) is 5.11 Å². The number of nitrogens with one attached hydrogen (secondary N) is 1. The number of pyridine rings is 1. The minimum atomic E-state index is -0.397. The highest BCUT2D eigenvalue weighted by Gasteiger charge is 2.42. The highest BCUT2D eigenvalue weighted by molar-refractivity contribution is 7.80. The zero-order valence-electron chi connectivity index (χ0n) is 19.3. The van der Waals surface area contributed by atoms with Crippen LogP contribution in [0, 0.1) is 0 Å². The van der Waals surface area contributed by atoms with Crippen molar-refractivity contribution in [2.45, 2.75) is 12.1 Å². The Morgan fingerprint density at radius 2 is 1.83 bits per heavy atom. The summed E-state index contributed by atoms with van der Waals surface area (Å²) in [6, 6.07) is 24.5. The Kier molecular flexibility index (Phi) is 6.20. The molecule has 1 N–H and O–H groups in total. The molecule has 0 spiro atoms. The summed E-state index contributed by atoms with van der Waals surface area (Å²) in [5, 5.41) is 4.05. The van der Waals surface area contributed by atoms with E-state index in [1.807, 2.05) is 83.6 Å². The van der Waals surface area contributed by atoms with E-state index in [2.05, 4.69) is 15.2 Å². The average Bonchev–Trinajstić information content (AvgIpc) is 3.53. The molecule has 0 aliphatic carbocycles. The zero-order valence-corrected chi connectivity index (χ0v) is 20.1. The third-order valence-corrected chi connectivity index (χ3v) is 6.40. The lowest BCUT2D eigenvalue weighted by Crippen LogP contribution is -2.30. The van der Waals surface area contributed by atoms with Crippen molar-refractivity contribution in [1.29, 1.82) is 0 Å². The number of methoxy groups -OCH3 is 2. The van der Waals surface area contributed by atoms with Gasteiger partial charge < -0.3 is 24.3 Å². The third-order valence-electron chi connectivity index (χ3n) is 6.08. The molecule has 3 heterocycles. The predicted molar refractivity (Wildman–Crippen MR) is 138 cm³/mol. The van der Waals surface area contributed by atoms with Gasteiger partial charge >= 0.3 is 5.97 Å². The molecule has 5 rings (SSSR count). The Morgan fingerprint density at radius 1 is 1.00 bits per heavy atom. The molecule has 1 fully saturated rings. The summed E-state index contributed by atoms with van der Waals surface area (Å²) in [5.74, 6) is 0.336. The maximum atomic E-state index is 12.6. The molecule has 176 valence electrons. The standard InChI is InChI=1S/C27H24N4O3S/c1-33-19-10-7-9-18(17-19)31-25(24(29-27(31)35)21-12-5-6-15-28-21)23-14-8-16-30(23)22-13-4-3-11-20(22)26(32)34-2/h3-17,24-25H,1-2H3,(H,29,35)/t24-,25-/m0/s1. The van der Waals surface area contributed by atoms with Crippen molar-refractivity contribution >= 4 is 29.0 Å². The third kappa shape index (κ3) is 4.13. The second kappa shape index (κ2) is 9.60. The van der Waals surface area contributed by atoms with Gasteiger partial charge in [-0.15, -0.1) is 0 Å². The molecule has 8 heteroatoms. The van der Waals surface area contributed by atoms with Gasteiger partial charge in [0.05, 0.1) is 37.2 Å². The SMILES string of the molecule is COC(=O)c1ccccc1-n1cccc1[C@H]1[C@H](c2ccccn2)NC(=S)N1c1cccc(OC)c1. The van der Waals surface area contributed by atoms with Gasteiger partial charge in [0.1, 0.15) is 11.8 Å². The molecule has 2 aromatic heterocycles. The molecule has 4 aromatic rings. The molecule has 0 bridgehead atoms. The summed E-state index contributed by atoms with van der Waals surface area (Å²) < 4.78 is 12.5. The second-order valence-electron chi connectivity index (χ2n) is 8.01. The molecular weight excluding hydrogens is 460 g/mol. The molecule has 1 saturated heterocycles. The van der Waals surface area contributed by atoms with Crippen LogP contribution < -0.4 is 15.0 Å². The first kappa shape index (κ1) is 22.6. The van der Waals surface area contributed by atoms with Crippen molar-refractivity contribution in [2.24, 2.45) is 0 Å². The van der Waals surface area contributed by atoms with Crippen LogP contribution >= 0.6 is 12.2 Å². The van der Waals surface area contributed by atoms with Crippen LogP contribution in [0.15, 0.2) is 91.3 Å². The van der Waals surface area contributed by atoms with Crippen molar-refractivity contribution in [3.05, 3.63) is 108 Å².